The highest BCUT2D eigenvalue weighted by Gasteiger charge is 2.13. The molecule has 0 radical (unpaired) electrons. The molecular weight excluding hydrogens is 310 g/mol. The maximum Gasteiger partial charge on any atom is 0.244 e. The Labute approximate surface area is 140 Å². The van der Waals surface area contributed by atoms with Crippen LogP contribution in [0.2, 0.25) is 0 Å². The van der Waals surface area contributed by atoms with Gasteiger partial charge in [0.25, 0.3) is 0 Å². The van der Waals surface area contributed by atoms with E-state index in [9.17, 15) is 0 Å². The fraction of sp³-hybridized carbons (Fsp3) is 0.438. The number of benzene rings is 1. The van der Waals surface area contributed by atoms with Gasteiger partial charge in [0.2, 0.25) is 5.95 Å². The molecule has 0 amide bonds. The smallest absolute Gasteiger partial charge is 0.244 e. The summed E-state index contributed by atoms with van der Waals surface area (Å²) in [7, 11) is 1.64. The van der Waals surface area contributed by atoms with Crippen molar-refractivity contribution in [1.82, 2.24) is 15.2 Å². The van der Waals surface area contributed by atoms with Crippen LogP contribution in [0.1, 0.15) is 0 Å². The number of nitrogens with one attached hydrogen (secondary N) is 1. The standard InChI is InChI=1S/C16H21N5O3/c1-22-13-2-4-14(5-3-13)24-9-6-17-16-19-15(12-18-20-16)21-7-10-23-11-8-21/h2-5,12H,6-11H2,1H3,(H,17,19,20). The van der Waals surface area contributed by atoms with E-state index in [-0.39, 0.29) is 0 Å². The number of hydrogen-bond acceptors (Lipinski definition) is 8. The second-order valence-electron chi connectivity index (χ2n) is 5.19. The van der Waals surface area contributed by atoms with E-state index in [1.54, 1.807) is 13.3 Å². The number of morpholine rings is 1. The summed E-state index contributed by atoms with van der Waals surface area (Å²) < 4.78 is 16.1. The lowest BCUT2D eigenvalue weighted by Gasteiger charge is -2.27. The van der Waals surface area contributed by atoms with Gasteiger partial charge in [0, 0.05) is 13.1 Å². The molecular formula is C16H21N5O3. The predicted octanol–water partition coefficient (Wildman–Crippen LogP) is 1.21. The van der Waals surface area contributed by atoms with Crippen LogP contribution >= 0.6 is 0 Å². The van der Waals surface area contributed by atoms with Crippen molar-refractivity contribution in [1.29, 1.82) is 0 Å². The minimum Gasteiger partial charge on any atom is -0.497 e. The lowest BCUT2D eigenvalue weighted by molar-refractivity contribution is 0.122. The summed E-state index contributed by atoms with van der Waals surface area (Å²) >= 11 is 0. The second kappa shape index (κ2) is 8.30. The molecule has 2 aromatic rings. The Morgan fingerprint density at radius 2 is 1.92 bits per heavy atom. The highest BCUT2D eigenvalue weighted by molar-refractivity contribution is 5.40. The minimum atomic E-state index is 0.497. The van der Waals surface area contributed by atoms with Crippen molar-refractivity contribution >= 4 is 11.8 Å². The van der Waals surface area contributed by atoms with Crippen LogP contribution < -0.4 is 19.7 Å². The molecule has 128 valence electrons. The number of methoxy groups -OCH3 is 1. The van der Waals surface area contributed by atoms with Crippen molar-refractivity contribution < 1.29 is 14.2 Å². The number of ether oxygens (including phenoxy) is 3. The van der Waals surface area contributed by atoms with E-state index < -0.39 is 0 Å². The molecule has 0 spiro atoms. The van der Waals surface area contributed by atoms with Gasteiger partial charge in [-0.05, 0) is 24.3 Å². The predicted molar refractivity (Wildman–Crippen MR) is 89.8 cm³/mol. The molecule has 0 atom stereocenters. The Balaban J connectivity index is 1.45. The third kappa shape index (κ3) is 4.45. The normalized spacial score (nSPS) is 14.3. The van der Waals surface area contributed by atoms with Crippen LogP contribution in [0.25, 0.3) is 0 Å². The second-order valence-corrected chi connectivity index (χ2v) is 5.19. The van der Waals surface area contributed by atoms with Crippen molar-refractivity contribution in [3.63, 3.8) is 0 Å². The van der Waals surface area contributed by atoms with Gasteiger partial charge in [-0.3, -0.25) is 0 Å². The molecule has 1 saturated heterocycles. The van der Waals surface area contributed by atoms with Gasteiger partial charge >= 0.3 is 0 Å². The topological polar surface area (TPSA) is 81.6 Å². The maximum atomic E-state index is 5.65. The van der Waals surface area contributed by atoms with Crippen molar-refractivity contribution in [2.75, 3.05) is 56.8 Å². The van der Waals surface area contributed by atoms with Gasteiger partial charge in [-0.1, -0.05) is 0 Å². The molecule has 1 fully saturated rings. The summed E-state index contributed by atoms with van der Waals surface area (Å²) in [5.74, 6) is 2.91. The van der Waals surface area contributed by atoms with Gasteiger partial charge in [0.1, 0.15) is 18.1 Å². The molecule has 1 aromatic carbocycles. The van der Waals surface area contributed by atoms with E-state index in [2.05, 4.69) is 25.4 Å². The van der Waals surface area contributed by atoms with Crippen LogP contribution in [0, 0.1) is 0 Å². The summed E-state index contributed by atoms with van der Waals surface area (Å²) in [4.78, 5) is 6.61. The Kier molecular flexibility index (Phi) is 5.62. The van der Waals surface area contributed by atoms with Crippen LogP contribution in [-0.4, -0.2) is 61.7 Å². The van der Waals surface area contributed by atoms with Gasteiger partial charge in [0.05, 0.1) is 33.1 Å². The molecule has 8 nitrogen and oxygen atoms in total. The summed E-state index contributed by atoms with van der Waals surface area (Å²) in [6.45, 7) is 4.14. The Morgan fingerprint density at radius 1 is 1.17 bits per heavy atom. The minimum absolute atomic E-state index is 0.497. The van der Waals surface area contributed by atoms with E-state index >= 15 is 0 Å². The van der Waals surface area contributed by atoms with Crippen molar-refractivity contribution in [2.24, 2.45) is 0 Å². The number of aromatic nitrogens is 3. The fourth-order valence-electron chi connectivity index (χ4n) is 2.32. The number of hydrogen-bond donors (Lipinski definition) is 1. The van der Waals surface area contributed by atoms with Crippen molar-refractivity contribution in [3.05, 3.63) is 30.5 Å². The van der Waals surface area contributed by atoms with E-state index in [1.165, 1.54) is 0 Å². The Hall–Kier alpha value is -2.61. The first-order valence-electron chi connectivity index (χ1n) is 7.88. The SMILES string of the molecule is COc1ccc(OCCNc2nncc(N3CCOCC3)n2)cc1. The first-order chi connectivity index (χ1) is 11.8. The van der Waals surface area contributed by atoms with Crippen LogP contribution in [0.4, 0.5) is 11.8 Å². The molecule has 1 aromatic heterocycles. The van der Waals surface area contributed by atoms with E-state index in [1.807, 2.05) is 24.3 Å². The maximum absolute atomic E-state index is 5.65. The summed E-state index contributed by atoms with van der Waals surface area (Å²) in [5.41, 5.74) is 0. The zero-order valence-electron chi connectivity index (χ0n) is 13.6. The molecule has 0 aliphatic carbocycles. The number of anilines is 2. The highest BCUT2D eigenvalue weighted by Crippen LogP contribution is 2.17. The quantitative estimate of drug-likeness (QED) is 0.758. The molecule has 0 unspecified atom stereocenters. The summed E-state index contributed by atoms with van der Waals surface area (Å²) in [5, 5.41) is 11.1. The monoisotopic (exact) mass is 331 g/mol. The molecule has 2 heterocycles. The summed E-state index contributed by atoms with van der Waals surface area (Å²) in [6, 6.07) is 7.47. The molecule has 1 N–H and O–H groups in total. The first kappa shape index (κ1) is 16.3. The van der Waals surface area contributed by atoms with Crippen molar-refractivity contribution in [2.45, 2.75) is 0 Å². The number of nitrogens with zero attached hydrogens (tertiary/aromatic N) is 4. The zero-order valence-corrected chi connectivity index (χ0v) is 13.6. The van der Waals surface area contributed by atoms with E-state index in [0.717, 1.165) is 30.4 Å². The van der Waals surface area contributed by atoms with E-state index in [4.69, 9.17) is 14.2 Å². The van der Waals surface area contributed by atoms with Gasteiger partial charge < -0.3 is 24.4 Å². The van der Waals surface area contributed by atoms with Gasteiger partial charge in [-0.15, -0.1) is 5.10 Å². The first-order valence-corrected chi connectivity index (χ1v) is 7.88. The molecule has 0 saturated carbocycles. The third-order valence-corrected chi connectivity index (χ3v) is 3.59. The fourth-order valence-corrected chi connectivity index (χ4v) is 2.32. The highest BCUT2D eigenvalue weighted by atomic mass is 16.5. The average molecular weight is 331 g/mol. The molecule has 3 rings (SSSR count). The van der Waals surface area contributed by atoms with Gasteiger partial charge in [0.15, 0.2) is 5.82 Å². The molecule has 1 aliphatic rings. The van der Waals surface area contributed by atoms with Crippen molar-refractivity contribution in [3.8, 4) is 11.5 Å². The third-order valence-electron chi connectivity index (χ3n) is 3.59. The Bertz CT molecular complexity index is 632. The van der Waals surface area contributed by atoms with Crippen LogP contribution in [0.3, 0.4) is 0 Å². The van der Waals surface area contributed by atoms with Crippen LogP contribution in [0.15, 0.2) is 30.5 Å². The van der Waals surface area contributed by atoms with Gasteiger partial charge in [-0.2, -0.15) is 10.1 Å². The van der Waals surface area contributed by atoms with Crippen LogP contribution in [0.5, 0.6) is 11.5 Å². The lowest BCUT2D eigenvalue weighted by atomic mass is 10.3. The van der Waals surface area contributed by atoms with E-state index in [0.29, 0.717) is 32.3 Å². The van der Waals surface area contributed by atoms with Gasteiger partial charge in [-0.25, -0.2) is 0 Å². The van der Waals surface area contributed by atoms with Crippen LogP contribution in [-0.2, 0) is 4.74 Å². The molecule has 24 heavy (non-hydrogen) atoms. The molecule has 8 heteroatoms. The molecule has 0 bridgehead atoms. The Morgan fingerprint density at radius 3 is 2.67 bits per heavy atom. The lowest BCUT2D eigenvalue weighted by Crippen LogP contribution is -2.37. The largest absolute Gasteiger partial charge is 0.497 e. The summed E-state index contributed by atoms with van der Waals surface area (Å²) in [6.07, 6.45) is 1.67. The number of rotatable bonds is 7. The average Bonchev–Trinajstić information content (AvgIpc) is 2.67. The molecule has 1 aliphatic heterocycles. The zero-order chi connectivity index (χ0) is 16.6.